The third-order valence-electron chi connectivity index (χ3n) is 3.65. The van der Waals surface area contributed by atoms with Gasteiger partial charge in [0.1, 0.15) is 5.75 Å². The molecule has 2 rings (SSSR count). The van der Waals surface area contributed by atoms with E-state index in [0.717, 1.165) is 4.91 Å². The van der Waals surface area contributed by atoms with Gasteiger partial charge in [-0.25, -0.2) is 9.78 Å². The van der Waals surface area contributed by atoms with Crippen molar-refractivity contribution in [2.24, 2.45) is 0 Å². The van der Waals surface area contributed by atoms with Gasteiger partial charge in [0, 0.05) is 28.5 Å². The highest BCUT2D eigenvalue weighted by molar-refractivity contribution is 8.10. The van der Waals surface area contributed by atoms with Crippen molar-refractivity contribution < 1.29 is 19.2 Å². The maximum atomic E-state index is 11.7. The van der Waals surface area contributed by atoms with E-state index in [1.807, 2.05) is 31.4 Å². The lowest BCUT2D eigenvalue weighted by atomic mass is 10.1. The molecule has 1 unspecified atom stereocenters. The van der Waals surface area contributed by atoms with Gasteiger partial charge in [0.15, 0.2) is 6.10 Å². The van der Waals surface area contributed by atoms with E-state index >= 15 is 0 Å². The zero-order chi connectivity index (χ0) is 20.0. The molecule has 7 nitrogen and oxygen atoms in total. The first-order valence-electron chi connectivity index (χ1n) is 8.19. The van der Waals surface area contributed by atoms with Gasteiger partial charge in [-0.05, 0) is 32.2 Å². The Hall–Kier alpha value is -2.87. The van der Waals surface area contributed by atoms with Crippen molar-refractivity contribution in [2.75, 3.05) is 7.11 Å². The molecule has 1 aromatic carbocycles. The molecule has 0 fully saturated rings. The molecule has 1 atom stereocenters. The number of nitro groups is 1. The van der Waals surface area contributed by atoms with Gasteiger partial charge in [0.25, 0.3) is 5.69 Å². The fourth-order valence-electron chi connectivity index (χ4n) is 2.34. The molecule has 1 aromatic heterocycles. The molecule has 0 bridgehead atoms. The summed E-state index contributed by atoms with van der Waals surface area (Å²) in [5, 5.41) is 13.5. The topological polar surface area (TPSA) is 91.6 Å². The highest BCUT2D eigenvalue weighted by atomic mass is 32.2. The minimum atomic E-state index is -0.870. The van der Waals surface area contributed by atoms with Crippen LogP contribution in [0.5, 0.6) is 5.75 Å². The van der Waals surface area contributed by atoms with Gasteiger partial charge in [-0.15, -0.1) is 0 Å². The zero-order valence-electron chi connectivity index (χ0n) is 15.5. The number of nitro benzene ring substituents is 1. The highest BCUT2D eigenvalue weighted by Crippen LogP contribution is 2.35. The van der Waals surface area contributed by atoms with Crippen LogP contribution in [-0.2, 0) is 9.53 Å². The first-order valence-corrected chi connectivity index (χ1v) is 9.07. The molecular weight excluding hydrogens is 368 g/mol. The van der Waals surface area contributed by atoms with E-state index in [1.165, 1.54) is 31.0 Å². The number of benzene rings is 1. The molecule has 0 saturated carbocycles. The third kappa shape index (κ3) is 4.85. The van der Waals surface area contributed by atoms with E-state index in [0.29, 0.717) is 22.3 Å². The summed E-state index contributed by atoms with van der Waals surface area (Å²) in [6.45, 7) is 5.37. The van der Waals surface area contributed by atoms with Gasteiger partial charge in [0.2, 0.25) is 0 Å². The summed E-state index contributed by atoms with van der Waals surface area (Å²) >= 11 is 1.49. The lowest BCUT2D eigenvalue weighted by molar-refractivity contribution is -0.384. The number of allylic oxidation sites excluding steroid dienone is 2. The smallest absolute Gasteiger partial charge is 0.346 e. The van der Waals surface area contributed by atoms with E-state index in [9.17, 15) is 14.9 Å². The number of carbonyl (C=O) groups excluding carboxylic acids is 1. The molecule has 8 heteroatoms. The minimum absolute atomic E-state index is 0.0813. The zero-order valence-corrected chi connectivity index (χ0v) is 16.3. The molecule has 142 valence electrons. The van der Waals surface area contributed by atoms with Gasteiger partial charge in [-0.2, -0.15) is 0 Å². The summed E-state index contributed by atoms with van der Waals surface area (Å²) in [5.41, 5.74) is 1.10. The Bertz CT molecular complexity index is 924. The lowest BCUT2D eigenvalue weighted by Crippen LogP contribution is -2.25. The van der Waals surface area contributed by atoms with Crippen LogP contribution in [0.25, 0.3) is 15.8 Å². The number of nitrogens with zero attached hydrogens (tertiary/aromatic N) is 2. The Labute approximate surface area is 161 Å². The average molecular weight is 388 g/mol. The summed E-state index contributed by atoms with van der Waals surface area (Å²) in [5.74, 6) is -0.210. The summed E-state index contributed by atoms with van der Waals surface area (Å²) in [4.78, 5) is 27.9. The number of carbonyl (C=O) groups is 1. The number of hydrogen-bond donors (Lipinski definition) is 0. The van der Waals surface area contributed by atoms with Crippen molar-refractivity contribution in [3.63, 3.8) is 0 Å². The number of aromatic nitrogens is 1. The van der Waals surface area contributed by atoms with Crippen LogP contribution in [0.3, 0.4) is 0 Å². The Balaban J connectivity index is 2.63. The second-order valence-corrected chi connectivity index (χ2v) is 6.44. The number of rotatable bonds is 7. The standard InChI is InChI=1S/C19H20N2O5S/c1-5-9-27-18(6-2)16-11-17(26-12(3)19(22)25-4)14-10-13(21(23)24)7-8-15(14)20-16/h5-12H,1-4H3/b9-5-,18-6-. The van der Waals surface area contributed by atoms with Crippen molar-refractivity contribution >= 4 is 39.2 Å². The van der Waals surface area contributed by atoms with Crippen molar-refractivity contribution in [1.29, 1.82) is 0 Å². The van der Waals surface area contributed by atoms with E-state index in [-0.39, 0.29) is 5.69 Å². The summed E-state index contributed by atoms with van der Waals surface area (Å²) in [6.07, 6.45) is 2.96. The number of non-ortho nitro benzene ring substituents is 1. The maximum Gasteiger partial charge on any atom is 0.346 e. The first-order chi connectivity index (χ1) is 12.9. The van der Waals surface area contributed by atoms with Crippen LogP contribution >= 0.6 is 11.8 Å². The number of thioether (sulfide) groups is 1. The van der Waals surface area contributed by atoms with Gasteiger partial charge in [-0.1, -0.05) is 23.9 Å². The van der Waals surface area contributed by atoms with E-state index in [4.69, 9.17) is 9.47 Å². The lowest BCUT2D eigenvalue weighted by Gasteiger charge is -2.16. The predicted molar refractivity (Wildman–Crippen MR) is 107 cm³/mol. The molecule has 0 amide bonds. The van der Waals surface area contributed by atoms with E-state index in [2.05, 4.69) is 4.98 Å². The van der Waals surface area contributed by atoms with Crippen LogP contribution in [0.4, 0.5) is 5.69 Å². The molecule has 2 aromatic rings. The third-order valence-corrected chi connectivity index (χ3v) is 4.75. The van der Waals surface area contributed by atoms with E-state index < -0.39 is 17.0 Å². The van der Waals surface area contributed by atoms with Crippen LogP contribution in [0.15, 0.2) is 41.8 Å². The number of fused-ring (bicyclic) bond motifs is 1. The summed E-state index contributed by atoms with van der Waals surface area (Å²) in [7, 11) is 1.27. The van der Waals surface area contributed by atoms with Gasteiger partial charge in [-0.3, -0.25) is 10.1 Å². The van der Waals surface area contributed by atoms with Crippen LogP contribution in [0.1, 0.15) is 26.5 Å². The average Bonchev–Trinajstić information content (AvgIpc) is 2.67. The molecule has 0 aliphatic rings. The Morgan fingerprint density at radius 2 is 2.07 bits per heavy atom. The van der Waals surface area contributed by atoms with Crippen LogP contribution in [0.2, 0.25) is 0 Å². The summed E-state index contributed by atoms with van der Waals surface area (Å²) in [6, 6.07) is 6.03. The molecule has 0 radical (unpaired) electrons. The van der Waals surface area contributed by atoms with Crippen molar-refractivity contribution in [3.05, 3.63) is 57.6 Å². The summed E-state index contributed by atoms with van der Waals surface area (Å²) < 4.78 is 10.5. The SMILES string of the molecule is C/C=C\S/C(=C\C)c1cc(OC(C)C(=O)OC)c2cc([N+](=O)[O-])ccc2n1. The molecule has 0 N–H and O–H groups in total. The molecule has 0 aliphatic heterocycles. The maximum absolute atomic E-state index is 11.7. The van der Waals surface area contributed by atoms with E-state index in [1.54, 1.807) is 19.1 Å². The molecule has 0 saturated heterocycles. The Morgan fingerprint density at radius 1 is 1.33 bits per heavy atom. The second kappa shape index (κ2) is 9.18. The Morgan fingerprint density at radius 3 is 2.67 bits per heavy atom. The number of methoxy groups -OCH3 is 1. The number of pyridine rings is 1. The first kappa shape index (κ1) is 20.4. The van der Waals surface area contributed by atoms with Crippen LogP contribution < -0.4 is 4.74 Å². The number of esters is 1. The fraction of sp³-hybridized carbons (Fsp3) is 0.263. The Kier molecular flexibility index (Phi) is 6.95. The van der Waals surface area contributed by atoms with Crippen molar-refractivity contribution in [2.45, 2.75) is 26.9 Å². The largest absolute Gasteiger partial charge is 0.478 e. The van der Waals surface area contributed by atoms with Crippen LogP contribution in [0, 0.1) is 10.1 Å². The second-order valence-electron chi connectivity index (χ2n) is 5.49. The number of hydrogen-bond acceptors (Lipinski definition) is 7. The molecular formula is C19H20N2O5S. The quantitative estimate of drug-likeness (QED) is 0.385. The molecule has 1 heterocycles. The predicted octanol–water partition coefficient (Wildman–Crippen LogP) is 4.71. The van der Waals surface area contributed by atoms with Gasteiger partial charge < -0.3 is 9.47 Å². The van der Waals surface area contributed by atoms with Crippen molar-refractivity contribution in [3.8, 4) is 5.75 Å². The van der Waals surface area contributed by atoms with Gasteiger partial charge >= 0.3 is 5.97 Å². The number of ether oxygens (including phenoxy) is 2. The molecule has 0 aliphatic carbocycles. The highest BCUT2D eigenvalue weighted by Gasteiger charge is 2.19. The monoisotopic (exact) mass is 388 g/mol. The molecule has 0 spiro atoms. The fourth-order valence-corrected chi connectivity index (χ4v) is 2.99. The normalized spacial score (nSPS) is 13.0. The molecule has 27 heavy (non-hydrogen) atoms. The van der Waals surface area contributed by atoms with Gasteiger partial charge in [0.05, 0.1) is 23.2 Å². The van der Waals surface area contributed by atoms with Crippen molar-refractivity contribution in [1.82, 2.24) is 4.98 Å². The van der Waals surface area contributed by atoms with Crippen LogP contribution in [-0.4, -0.2) is 29.1 Å². The minimum Gasteiger partial charge on any atom is -0.478 e.